The van der Waals surface area contributed by atoms with Gasteiger partial charge in [0.25, 0.3) is 0 Å². The molecule has 0 aliphatic heterocycles. The molecule has 1 amide bonds. The van der Waals surface area contributed by atoms with E-state index in [0.29, 0.717) is 22.2 Å². The molecule has 0 unspecified atom stereocenters. The van der Waals surface area contributed by atoms with Crippen molar-refractivity contribution in [1.29, 1.82) is 0 Å². The predicted octanol–water partition coefficient (Wildman–Crippen LogP) is 4.70. The van der Waals surface area contributed by atoms with Crippen LogP contribution in [0.4, 0.5) is 11.4 Å². The summed E-state index contributed by atoms with van der Waals surface area (Å²) < 4.78 is 0. The first-order valence-electron chi connectivity index (χ1n) is 7.22. The molecular weight excluding hydrogens is 345 g/mol. The number of benzene rings is 2. The number of nitrogens with two attached hydrogens (primary N) is 1. The lowest BCUT2D eigenvalue weighted by atomic mass is 10.1. The Labute approximate surface area is 151 Å². The molecule has 0 saturated carbocycles. The van der Waals surface area contributed by atoms with Crippen LogP contribution in [-0.4, -0.2) is 17.6 Å². The molecule has 0 aliphatic carbocycles. The standard InChI is InChI=1S/C18H17Cl2N3O/c1-12(24)22-16-9-6-14(17(10-16)23-18(21)11-19)5-2-13-3-7-15(20)8-4-13/h2-10H,11H2,1H3,(H2,21,23)(H,22,24). The van der Waals surface area contributed by atoms with Gasteiger partial charge >= 0.3 is 0 Å². The highest BCUT2D eigenvalue weighted by Gasteiger charge is 2.04. The molecule has 0 fully saturated rings. The Kier molecular flexibility index (Phi) is 6.41. The normalized spacial score (nSPS) is 11.7. The van der Waals surface area contributed by atoms with Crippen molar-refractivity contribution in [2.24, 2.45) is 10.7 Å². The lowest BCUT2D eigenvalue weighted by Gasteiger charge is -2.07. The van der Waals surface area contributed by atoms with Gasteiger partial charge in [-0.1, -0.05) is 42.0 Å². The van der Waals surface area contributed by atoms with E-state index in [4.69, 9.17) is 28.9 Å². The van der Waals surface area contributed by atoms with E-state index in [1.165, 1.54) is 6.92 Å². The lowest BCUT2D eigenvalue weighted by molar-refractivity contribution is -0.114. The highest BCUT2D eigenvalue weighted by molar-refractivity contribution is 6.30. The Morgan fingerprint density at radius 1 is 1.21 bits per heavy atom. The zero-order valence-corrected chi connectivity index (χ0v) is 14.6. The molecule has 0 saturated heterocycles. The van der Waals surface area contributed by atoms with E-state index >= 15 is 0 Å². The number of nitrogens with one attached hydrogen (secondary N) is 1. The van der Waals surface area contributed by atoms with E-state index in [2.05, 4.69) is 10.3 Å². The van der Waals surface area contributed by atoms with Gasteiger partial charge in [0.1, 0.15) is 5.84 Å². The fourth-order valence-electron chi connectivity index (χ4n) is 2.01. The van der Waals surface area contributed by atoms with Gasteiger partial charge in [-0.25, -0.2) is 4.99 Å². The second-order valence-electron chi connectivity index (χ2n) is 5.08. The molecule has 124 valence electrons. The Morgan fingerprint density at radius 2 is 1.92 bits per heavy atom. The number of nitrogens with zero attached hydrogens (tertiary/aromatic N) is 1. The highest BCUT2D eigenvalue weighted by Crippen LogP contribution is 2.26. The van der Waals surface area contributed by atoms with Crippen molar-refractivity contribution >= 4 is 58.5 Å². The van der Waals surface area contributed by atoms with E-state index in [0.717, 1.165) is 11.1 Å². The number of amidine groups is 1. The van der Waals surface area contributed by atoms with Crippen LogP contribution in [0.5, 0.6) is 0 Å². The molecule has 0 aromatic heterocycles. The predicted molar refractivity (Wildman–Crippen MR) is 103 cm³/mol. The Bertz CT molecular complexity index is 783. The minimum Gasteiger partial charge on any atom is -0.386 e. The summed E-state index contributed by atoms with van der Waals surface area (Å²) in [6.45, 7) is 1.45. The second-order valence-corrected chi connectivity index (χ2v) is 5.78. The molecule has 2 rings (SSSR count). The average molecular weight is 362 g/mol. The highest BCUT2D eigenvalue weighted by atomic mass is 35.5. The van der Waals surface area contributed by atoms with Crippen molar-refractivity contribution in [3.8, 4) is 0 Å². The fraction of sp³-hybridized carbons (Fsp3) is 0.111. The van der Waals surface area contributed by atoms with Crippen LogP contribution >= 0.6 is 23.2 Å². The molecule has 3 N–H and O–H groups in total. The van der Waals surface area contributed by atoms with Gasteiger partial charge in [-0.15, -0.1) is 11.6 Å². The van der Waals surface area contributed by atoms with Crippen LogP contribution < -0.4 is 11.1 Å². The summed E-state index contributed by atoms with van der Waals surface area (Å²) in [5.74, 6) is 0.280. The Balaban J connectivity index is 2.36. The van der Waals surface area contributed by atoms with Gasteiger partial charge in [0.2, 0.25) is 5.91 Å². The summed E-state index contributed by atoms with van der Waals surface area (Å²) in [6.07, 6.45) is 3.86. The number of hydrogen-bond donors (Lipinski definition) is 2. The van der Waals surface area contributed by atoms with Crippen LogP contribution in [0, 0.1) is 0 Å². The number of amides is 1. The molecule has 6 heteroatoms. The van der Waals surface area contributed by atoms with Crippen molar-refractivity contribution < 1.29 is 4.79 Å². The SMILES string of the molecule is CC(=O)Nc1ccc(C=Cc2ccc(Cl)cc2)c(N=C(N)CCl)c1. The third kappa shape index (κ3) is 5.41. The molecule has 24 heavy (non-hydrogen) atoms. The van der Waals surface area contributed by atoms with Crippen LogP contribution in [-0.2, 0) is 4.79 Å². The molecular formula is C18H17Cl2N3O. The molecule has 2 aromatic carbocycles. The minimum atomic E-state index is -0.153. The zero-order chi connectivity index (χ0) is 17.5. The molecule has 0 bridgehead atoms. The summed E-state index contributed by atoms with van der Waals surface area (Å²) in [5, 5.41) is 3.41. The maximum absolute atomic E-state index is 11.2. The number of alkyl halides is 1. The second kappa shape index (κ2) is 8.52. The number of aliphatic imine (C=N–C) groups is 1. The van der Waals surface area contributed by atoms with Crippen molar-refractivity contribution in [2.75, 3.05) is 11.2 Å². The van der Waals surface area contributed by atoms with Crippen molar-refractivity contribution in [1.82, 2.24) is 0 Å². The monoisotopic (exact) mass is 361 g/mol. The summed E-state index contributed by atoms with van der Waals surface area (Å²) in [7, 11) is 0. The van der Waals surface area contributed by atoms with Gasteiger partial charge in [0.05, 0.1) is 11.6 Å². The molecule has 0 aliphatic rings. The van der Waals surface area contributed by atoms with E-state index in [1.54, 1.807) is 12.1 Å². The third-order valence-electron chi connectivity index (χ3n) is 3.08. The van der Waals surface area contributed by atoms with Crippen LogP contribution in [0.25, 0.3) is 12.2 Å². The van der Waals surface area contributed by atoms with Gasteiger partial charge in [0.15, 0.2) is 0 Å². The Morgan fingerprint density at radius 3 is 2.54 bits per heavy atom. The summed E-state index contributed by atoms with van der Waals surface area (Å²) in [6, 6.07) is 12.9. The van der Waals surface area contributed by atoms with Gasteiger partial charge < -0.3 is 11.1 Å². The van der Waals surface area contributed by atoms with Gasteiger partial charge in [-0.2, -0.15) is 0 Å². The third-order valence-corrected chi connectivity index (χ3v) is 3.60. The maximum atomic E-state index is 11.2. The van der Waals surface area contributed by atoms with Crippen molar-refractivity contribution in [3.63, 3.8) is 0 Å². The number of rotatable bonds is 5. The van der Waals surface area contributed by atoms with E-state index in [9.17, 15) is 4.79 Å². The zero-order valence-electron chi connectivity index (χ0n) is 13.1. The molecule has 2 aromatic rings. The van der Waals surface area contributed by atoms with Gasteiger partial charge in [-0.3, -0.25) is 4.79 Å². The van der Waals surface area contributed by atoms with Crippen LogP contribution in [0.2, 0.25) is 5.02 Å². The number of halogens is 2. The maximum Gasteiger partial charge on any atom is 0.221 e. The fourth-order valence-corrected chi connectivity index (χ4v) is 2.19. The summed E-state index contributed by atoms with van der Waals surface area (Å²) >= 11 is 11.6. The molecule has 0 radical (unpaired) electrons. The molecule has 0 heterocycles. The van der Waals surface area contributed by atoms with Crippen molar-refractivity contribution in [2.45, 2.75) is 6.92 Å². The van der Waals surface area contributed by atoms with Crippen LogP contribution in [0.15, 0.2) is 47.5 Å². The molecule has 0 spiro atoms. The lowest BCUT2D eigenvalue weighted by Crippen LogP contribution is -2.12. The number of carbonyl (C=O) groups is 1. The summed E-state index contributed by atoms with van der Waals surface area (Å²) in [5.41, 5.74) is 8.87. The average Bonchev–Trinajstić information content (AvgIpc) is 2.55. The van der Waals surface area contributed by atoms with E-state index < -0.39 is 0 Å². The van der Waals surface area contributed by atoms with Crippen molar-refractivity contribution in [3.05, 3.63) is 58.6 Å². The first kappa shape index (κ1) is 18.0. The molecule has 4 nitrogen and oxygen atoms in total. The first-order valence-corrected chi connectivity index (χ1v) is 8.13. The number of anilines is 1. The Hall–Kier alpha value is -2.30. The summed E-state index contributed by atoms with van der Waals surface area (Å²) in [4.78, 5) is 15.5. The molecule has 0 atom stereocenters. The largest absolute Gasteiger partial charge is 0.386 e. The number of carbonyl (C=O) groups excluding carboxylic acids is 1. The number of hydrogen-bond acceptors (Lipinski definition) is 2. The minimum absolute atomic E-state index is 0.130. The van der Waals surface area contributed by atoms with Crippen LogP contribution in [0.3, 0.4) is 0 Å². The topological polar surface area (TPSA) is 67.5 Å². The quantitative estimate of drug-likeness (QED) is 0.351. The van der Waals surface area contributed by atoms with Gasteiger partial charge in [0, 0.05) is 23.2 Å². The smallest absolute Gasteiger partial charge is 0.221 e. The van der Waals surface area contributed by atoms with Crippen LogP contribution in [0.1, 0.15) is 18.1 Å². The van der Waals surface area contributed by atoms with E-state index in [-0.39, 0.29) is 11.8 Å². The first-order chi connectivity index (χ1) is 11.5. The van der Waals surface area contributed by atoms with Gasteiger partial charge in [-0.05, 0) is 29.8 Å². The van der Waals surface area contributed by atoms with E-state index in [1.807, 2.05) is 42.5 Å².